The van der Waals surface area contributed by atoms with Gasteiger partial charge >= 0.3 is 12.1 Å². The third-order valence-electron chi connectivity index (χ3n) is 6.61. The number of hydrogen-bond donors (Lipinski definition) is 6. The smallest absolute Gasteiger partial charge is 0.409 e. The Morgan fingerprint density at radius 3 is 1.59 bits per heavy atom. The third kappa shape index (κ3) is 33.2. The number of rotatable bonds is 36. The molecule has 0 radical (unpaired) electrons. The van der Waals surface area contributed by atoms with E-state index in [1.807, 2.05) is 19.2 Å². The van der Waals surface area contributed by atoms with Crippen molar-refractivity contribution in [2.24, 2.45) is 0 Å². The maximum atomic E-state index is 13.0. The summed E-state index contributed by atoms with van der Waals surface area (Å²) in [5, 5.41) is 20.5. The van der Waals surface area contributed by atoms with Crippen molar-refractivity contribution in [3.63, 3.8) is 0 Å². The fourth-order valence-corrected chi connectivity index (χ4v) is 3.82. The minimum absolute atomic E-state index is 0. The van der Waals surface area contributed by atoms with E-state index >= 15 is 0 Å². The molecule has 0 heterocycles. The van der Waals surface area contributed by atoms with Gasteiger partial charge in [-0.1, -0.05) is 12.1 Å². The van der Waals surface area contributed by atoms with Gasteiger partial charge in [0, 0.05) is 24.9 Å². The van der Waals surface area contributed by atoms with Crippen molar-refractivity contribution in [2.45, 2.75) is 32.0 Å². The molecule has 0 bridgehead atoms. The van der Waals surface area contributed by atoms with E-state index in [1.165, 1.54) is 24.3 Å². The summed E-state index contributed by atoms with van der Waals surface area (Å²) in [4.78, 5) is 67.9. The van der Waals surface area contributed by atoms with Crippen LogP contribution in [0, 0.1) is 0 Å². The van der Waals surface area contributed by atoms with Gasteiger partial charge in [-0.05, 0) is 32.0 Å². The van der Waals surface area contributed by atoms with E-state index in [0.717, 1.165) is 0 Å². The molecule has 1 aromatic rings. The summed E-state index contributed by atoms with van der Waals surface area (Å²) in [6, 6.07) is 3.95. The van der Waals surface area contributed by atoms with Crippen LogP contribution < -0.4 is 26.6 Å². The van der Waals surface area contributed by atoms with Gasteiger partial charge in [-0.3, -0.25) is 14.4 Å². The van der Waals surface area contributed by atoms with Crippen LogP contribution in [0.1, 0.15) is 25.5 Å². The van der Waals surface area contributed by atoms with Crippen molar-refractivity contribution in [1.29, 1.82) is 0 Å². The van der Waals surface area contributed by atoms with Crippen LogP contribution >= 0.6 is 0 Å². The summed E-state index contributed by atoms with van der Waals surface area (Å²) in [6.07, 6.45) is -0.971. The number of halogens is 1. The molecule has 0 saturated carbocycles. The van der Waals surface area contributed by atoms with Gasteiger partial charge in [-0.2, -0.15) is 6.41 Å². The zero-order chi connectivity index (χ0) is 43.1. The number of amides is 5. The topological polar surface area (TPSA) is 266 Å². The molecule has 0 fully saturated rings. The summed E-state index contributed by atoms with van der Waals surface area (Å²) >= 11 is 0. The summed E-state index contributed by atoms with van der Waals surface area (Å²) in [5.41, 5.74) is 0.478. The molecular formula is C36H59FFmN5O16-. The first kappa shape index (κ1) is 55.5. The van der Waals surface area contributed by atoms with Gasteiger partial charge in [0.25, 0.3) is 5.91 Å². The summed E-state index contributed by atoms with van der Waals surface area (Å²) in [6.45, 7) is 8.15. The van der Waals surface area contributed by atoms with Crippen molar-refractivity contribution >= 4 is 42.4 Å². The van der Waals surface area contributed by atoms with Crippen molar-refractivity contribution in [2.75, 3.05) is 131 Å². The van der Waals surface area contributed by atoms with Crippen molar-refractivity contribution in [3.05, 3.63) is 29.8 Å². The normalized spacial score (nSPS) is 11.5. The molecule has 0 aliphatic carbocycles. The number of benzene rings is 1. The molecule has 0 saturated heterocycles. The molecule has 1 rings (SSSR count). The van der Waals surface area contributed by atoms with Crippen molar-refractivity contribution in [3.8, 4) is 0 Å². The van der Waals surface area contributed by atoms with Crippen LogP contribution in [0.4, 0.5) is 14.9 Å². The number of anilines is 1. The number of carbonyl (C=O) groups excluding carboxylic acids is 5. The average Bonchev–Trinajstić information content (AvgIpc) is 3.20. The number of carbonyl (C=O) groups is 5. The minimum Gasteiger partial charge on any atom is -0.528 e. The Kier molecular flexibility index (Phi) is 37.0. The van der Waals surface area contributed by atoms with E-state index in [-0.39, 0.29) is 44.5 Å². The Morgan fingerprint density at radius 2 is 1.22 bits per heavy atom. The van der Waals surface area contributed by atoms with Gasteiger partial charge < -0.3 is 79.1 Å². The Labute approximate surface area is 337 Å². The number of alkyl halides is 1. The monoisotopic (exact) mass is 1090 g/mol. The molecule has 344 valence electrons. The summed E-state index contributed by atoms with van der Waals surface area (Å²) < 4.78 is 60.8. The average molecular weight is 1090 g/mol. The van der Waals surface area contributed by atoms with Crippen molar-refractivity contribution in [1.82, 2.24) is 21.3 Å². The number of nitrogens with one attached hydrogen (secondary N) is 5. The molecule has 23 heteroatoms. The SMILES string of the molecule is CC(C)N[C-]=O.COCCOCCOCCOCCOCCOCCOCCOCCNC(=O)C(OC(=O)NC(CF)C(=O)O)c1ccc(NC(=O)CNC=O)cc1.[Fm]. The number of alkyl carbamates (subject to hydrolysis) is 1. The van der Waals surface area contributed by atoms with Gasteiger partial charge in [-0.15, -0.1) is 0 Å². The van der Waals surface area contributed by atoms with Gasteiger partial charge in [0.1, 0.15) is 6.67 Å². The Bertz CT molecular complexity index is 1240. The second kappa shape index (κ2) is 39.3. The molecule has 0 spiro atoms. The van der Waals surface area contributed by atoms with Crippen LogP contribution in [0.3, 0.4) is 0 Å². The molecule has 21 nitrogen and oxygen atoms in total. The van der Waals surface area contributed by atoms with Gasteiger partial charge in [-0.25, -0.2) is 14.0 Å². The van der Waals surface area contributed by atoms with E-state index < -0.39 is 42.7 Å². The fourth-order valence-electron chi connectivity index (χ4n) is 3.82. The Hall–Kier alpha value is -5.55. The van der Waals surface area contributed by atoms with Crippen LogP contribution in [0.2, 0.25) is 0 Å². The third-order valence-corrected chi connectivity index (χ3v) is 6.61. The molecule has 59 heavy (non-hydrogen) atoms. The van der Waals surface area contributed by atoms with E-state index in [4.69, 9.17) is 47.7 Å². The molecule has 2 atom stereocenters. The number of carboxylic acids is 1. The van der Waals surface area contributed by atoms with Gasteiger partial charge in [0.05, 0.1) is 106 Å². The van der Waals surface area contributed by atoms with Crippen LogP contribution in [0.25, 0.3) is 0 Å². The Morgan fingerprint density at radius 1 is 0.763 bits per heavy atom. The molecule has 5 amide bonds. The molecule has 0 aromatic heterocycles. The number of carboxylic acid groups (broad SMARTS) is 1. The standard InChI is InChI=1S/C32H51FN4O15.C4H8NO.Fm/c1-44-8-9-46-12-13-48-16-17-50-20-21-51-19-18-49-15-14-47-11-10-45-7-6-35-30(40)29(52-32(43)37-27(22-33)31(41)42)25-2-4-26(5-3-25)36-28(39)23-34-24-38;1-4(2)5-3-6;/h2-5,24,27,29H,6-23H2,1H3,(H,34,38)(H,35,40)(H,36,39)(H,37,43)(H,41,42);4H,1-2H3,(H,5,6);/q;-1;. The first-order chi connectivity index (χ1) is 28.1. The first-order valence-electron chi connectivity index (χ1n) is 18.4. The van der Waals surface area contributed by atoms with Gasteiger partial charge in [0.15, 0.2) is 6.04 Å². The summed E-state index contributed by atoms with van der Waals surface area (Å²) in [7, 11) is 1.62. The second-order valence-electron chi connectivity index (χ2n) is 11.6. The van der Waals surface area contributed by atoms with E-state index in [2.05, 4.69) is 21.3 Å². The largest absolute Gasteiger partial charge is 0.528 e. The number of ether oxygens (including phenoxy) is 9. The maximum Gasteiger partial charge on any atom is 0.409 e. The van der Waals surface area contributed by atoms with E-state index in [1.54, 1.807) is 13.5 Å². The van der Waals surface area contributed by atoms with Crippen LogP contribution in [-0.4, -0.2) is 180 Å². The van der Waals surface area contributed by atoms with Gasteiger partial charge in [0.2, 0.25) is 18.4 Å². The molecule has 0 aliphatic heterocycles. The molecular weight excluding hydrogens is 1030 g/mol. The second-order valence-corrected chi connectivity index (χ2v) is 11.6. The van der Waals surface area contributed by atoms with Crippen LogP contribution in [-0.2, 0) is 66.6 Å². The van der Waals surface area contributed by atoms with E-state index in [9.17, 15) is 33.2 Å². The minimum atomic E-state index is -1.87. The molecule has 6 N–H and O–H groups in total. The first-order valence-corrected chi connectivity index (χ1v) is 18.4. The zero-order valence-electron chi connectivity index (χ0n) is 33.6. The number of hydrogen-bond acceptors (Lipinski definition) is 15. The predicted octanol–water partition coefficient (Wildman–Crippen LogP) is -0.508. The maximum absolute atomic E-state index is 13.0. The molecule has 0 aliphatic rings. The Balaban J connectivity index is 0. The van der Waals surface area contributed by atoms with Crippen LogP contribution in [0.5, 0.6) is 0 Å². The van der Waals surface area contributed by atoms with Crippen LogP contribution in [0.15, 0.2) is 24.3 Å². The van der Waals surface area contributed by atoms with Crippen molar-refractivity contribution < 1.29 is 80.9 Å². The summed E-state index contributed by atoms with van der Waals surface area (Å²) in [5.74, 6) is -2.91. The number of methoxy groups -OCH3 is 1. The molecule has 2 unspecified atom stereocenters. The fraction of sp³-hybridized carbons (Fsp3) is 0.667. The molecule has 1 aromatic carbocycles. The van der Waals surface area contributed by atoms with E-state index in [0.29, 0.717) is 91.4 Å². The quantitative estimate of drug-likeness (QED) is 0.0214. The number of aliphatic carboxylic acids is 1. The zero-order valence-corrected chi connectivity index (χ0v) is 36.0. The predicted molar refractivity (Wildman–Crippen MR) is 203 cm³/mol.